The molecule has 0 atom stereocenters. The van der Waals surface area contributed by atoms with Crippen LogP contribution in [0.1, 0.15) is 18.1 Å². The van der Waals surface area contributed by atoms with E-state index in [4.69, 9.17) is 34.8 Å². The normalized spacial score (nSPS) is 11.2. The number of hydrogen-bond donors (Lipinski definition) is 0. The van der Waals surface area contributed by atoms with Crippen LogP contribution in [-0.2, 0) is 6.42 Å². The first kappa shape index (κ1) is 18.1. The fourth-order valence-electron chi connectivity index (χ4n) is 1.92. The van der Waals surface area contributed by atoms with Crippen molar-refractivity contribution in [3.05, 3.63) is 62.3 Å². The van der Waals surface area contributed by atoms with Crippen LogP contribution in [0, 0.1) is 5.82 Å². The number of rotatable bonds is 5. The van der Waals surface area contributed by atoms with Gasteiger partial charge in [0.2, 0.25) is 0 Å². The molecular weight excluding hydrogens is 358 g/mol. The first-order valence-electron chi connectivity index (χ1n) is 7.07. The Morgan fingerprint density at radius 2 is 1.74 bits per heavy atom. The predicted octanol–water partition coefficient (Wildman–Crippen LogP) is 5.99. The maximum Gasteiger partial charge on any atom is 0.124 e. The molecule has 0 radical (unpaired) electrons. The maximum absolute atomic E-state index is 13.1. The van der Waals surface area contributed by atoms with E-state index in [0.29, 0.717) is 27.2 Å². The van der Waals surface area contributed by atoms with Crippen molar-refractivity contribution < 1.29 is 4.39 Å². The van der Waals surface area contributed by atoms with Crippen LogP contribution in [0.25, 0.3) is 0 Å². The molecule has 0 bridgehead atoms. The molecule has 0 aliphatic carbocycles. The molecular formula is C17H16Cl3FN2. The van der Waals surface area contributed by atoms with Crippen LogP contribution in [0.5, 0.6) is 0 Å². The van der Waals surface area contributed by atoms with Crippen molar-refractivity contribution in [1.29, 1.82) is 0 Å². The summed E-state index contributed by atoms with van der Waals surface area (Å²) in [6.45, 7) is 2.87. The third-order valence-corrected chi connectivity index (χ3v) is 4.41. The summed E-state index contributed by atoms with van der Waals surface area (Å²) in [4.78, 5) is 6.25. The lowest BCUT2D eigenvalue weighted by atomic mass is 10.0. The highest BCUT2D eigenvalue weighted by Gasteiger charge is 2.10. The third-order valence-electron chi connectivity index (χ3n) is 3.40. The van der Waals surface area contributed by atoms with Gasteiger partial charge >= 0.3 is 0 Å². The Labute approximate surface area is 150 Å². The van der Waals surface area contributed by atoms with Crippen molar-refractivity contribution >= 4 is 46.8 Å². The zero-order valence-corrected chi connectivity index (χ0v) is 15.1. The Morgan fingerprint density at radius 1 is 1.04 bits per heavy atom. The highest BCUT2D eigenvalue weighted by atomic mass is 35.5. The zero-order chi connectivity index (χ0) is 17.0. The van der Waals surface area contributed by atoms with Gasteiger partial charge in [-0.15, -0.1) is 0 Å². The van der Waals surface area contributed by atoms with Crippen LogP contribution < -0.4 is 0 Å². The molecule has 23 heavy (non-hydrogen) atoms. The molecule has 0 N–H and O–H groups in total. The first-order valence-corrected chi connectivity index (χ1v) is 8.20. The Bertz CT molecular complexity index is 732. The average molecular weight is 374 g/mol. The molecule has 0 amide bonds. The summed E-state index contributed by atoms with van der Waals surface area (Å²) in [7, 11) is 1.92. The highest BCUT2D eigenvalue weighted by Crippen LogP contribution is 2.33. The van der Waals surface area contributed by atoms with Crippen molar-refractivity contribution in [1.82, 2.24) is 4.90 Å². The largest absolute Gasteiger partial charge is 0.366 e. The van der Waals surface area contributed by atoms with E-state index in [1.807, 2.05) is 18.9 Å². The van der Waals surface area contributed by atoms with Crippen molar-refractivity contribution in [2.75, 3.05) is 13.6 Å². The number of hydrogen-bond acceptors (Lipinski definition) is 1. The lowest BCUT2D eigenvalue weighted by molar-refractivity contribution is 0.552. The van der Waals surface area contributed by atoms with Crippen LogP contribution in [0.2, 0.25) is 15.1 Å². The van der Waals surface area contributed by atoms with E-state index in [1.54, 1.807) is 24.5 Å². The fraction of sp³-hybridized carbons (Fsp3) is 0.235. The van der Waals surface area contributed by atoms with Crippen LogP contribution in [-0.4, -0.2) is 24.8 Å². The molecule has 2 aromatic carbocycles. The second-order valence-corrected chi connectivity index (χ2v) is 6.35. The second kappa shape index (κ2) is 8.00. The Hall–Kier alpha value is -1.29. The molecule has 0 aliphatic rings. The van der Waals surface area contributed by atoms with Gasteiger partial charge in [0.25, 0.3) is 0 Å². The van der Waals surface area contributed by atoms with Crippen molar-refractivity contribution in [2.45, 2.75) is 13.3 Å². The average Bonchev–Trinajstić information content (AvgIpc) is 2.51. The van der Waals surface area contributed by atoms with Crippen LogP contribution in [0.3, 0.4) is 0 Å². The number of halogens is 4. The molecule has 2 rings (SSSR count). The Kier molecular flexibility index (Phi) is 6.28. The van der Waals surface area contributed by atoms with Gasteiger partial charge < -0.3 is 4.90 Å². The molecule has 0 saturated carbocycles. The van der Waals surface area contributed by atoms with E-state index in [9.17, 15) is 4.39 Å². The zero-order valence-electron chi connectivity index (χ0n) is 12.8. The maximum atomic E-state index is 13.1. The van der Waals surface area contributed by atoms with E-state index in [-0.39, 0.29) is 5.82 Å². The van der Waals surface area contributed by atoms with Crippen LogP contribution in [0.4, 0.5) is 10.1 Å². The molecule has 2 nitrogen and oxygen atoms in total. The summed E-state index contributed by atoms with van der Waals surface area (Å²) in [5, 5.41) is 1.41. The minimum Gasteiger partial charge on any atom is -0.366 e. The lowest BCUT2D eigenvalue weighted by Crippen LogP contribution is -2.14. The summed E-state index contributed by atoms with van der Waals surface area (Å²) in [6.07, 6.45) is 2.17. The SMILES string of the molecule is CCN(C)/C=N\c1cc(Cl)c(Cc2ccc(F)cc2Cl)cc1Cl. The van der Waals surface area contributed by atoms with Crippen LogP contribution >= 0.6 is 34.8 Å². The van der Waals surface area contributed by atoms with Crippen LogP contribution in [0.15, 0.2) is 35.3 Å². The quantitative estimate of drug-likeness (QED) is 0.464. The van der Waals surface area contributed by atoms with Gasteiger partial charge in [0.15, 0.2) is 0 Å². The van der Waals surface area contributed by atoms with Crippen molar-refractivity contribution in [3.63, 3.8) is 0 Å². The summed E-state index contributed by atoms with van der Waals surface area (Å²) < 4.78 is 13.1. The van der Waals surface area contributed by atoms with E-state index < -0.39 is 0 Å². The summed E-state index contributed by atoms with van der Waals surface area (Å²) >= 11 is 18.7. The smallest absolute Gasteiger partial charge is 0.124 e. The van der Waals surface area contributed by atoms with Gasteiger partial charge in [-0.1, -0.05) is 40.9 Å². The standard InChI is InChI=1S/C17H16Cl3FN2/c1-3-23(2)10-22-17-9-15(19)12(7-16(17)20)6-11-4-5-13(21)8-14(11)18/h4-5,7-10H,3,6H2,1-2H3/b22-10-. The number of benzene rings is 2. The van der Waals surface area contributed by atoms with Gasteiger partial charge in [0.05, 0.1) is 17.0 Å². The molecule has 122 valence electrons. The summed E-state index contributed by atoms with van der Waals surface area (Å²) in [5.41, 5.74) is 2.20. The fourth-order valence-corrected chi connectivity index (χ4v) is 2.62. The van der Waals surface area contributed by atoms with Crippen molar-refractivity contribution in [2.24, 2.45) is 4.99 Å². The number of aliphatic imine (C=N–C) groups is 1. The van der Waals surface area contributed by atoms with Gasteiger partial charge in [0.1, 0.15) is 5.82 Å². The monoisotopic (exact) mass is 372 g/mol. The summed E-state index contributed by atoms with van der Waals surface area (Å²) in [6, 6.07) is 7.78. The molecule has 0 unspecified atom stereocenters. The van der Waals surface area contributed by atoms with Gasteiger partial charge in [-0.05, 0) is 42.3 Å². The summed E-state index contributed by atoms with van der Waals surface area (Å²) in [5.74, 6) is -0.368. The lowest BCUT2D eigenvalue weighted by Gasteiger charge is -2.11. The third kappa shape index (κ3) is 4.84. The molecule has 6 heteroatoms. The van der Waals surface area contributed by atoms with Crippen molar-refractivity contribution in [3.8, 4) is 0 Å². The first-order chi connectivity index (χ1) is 10.9. The molecule has 0 aliphatic heterocycles. The predicted molar refractivity (Wildman–Crippen MR) is 97.1 cm³/mol. The Balaban J connectivity index is 2.27. The van der Waals surface area contributed by atoms with Gasteiger partial charge in [-0.3, -0.25) is 0 Å². The molecule has 0 heterocycles. The second-order valence-electron chi connectivity index (χ2n) is 5.13. The molecule has 2 aromatic rings. The molecule has 0 aromatic heterocycles. The highest BCUT2D eigenvalue weighted by molar-refractivity contribution is 6.35. The minimum absolute atomic E-state index is 0.365. The van der Waals surface area contributed by atoms with Gasteiger partial charge in [0, 0.05) is 30.1 Å². The molecule has 0 spiro atoms. The minimum atomic E-state index is -0.368. The Morgan fingerprint density at radius 3 is 2.39 bits per heavy atom. The van der Waals surface area contributed by atoms with E-state index in [0.717, 1.165) is 17.7 Å². The number of nitrogens with zero attached hydrogens (tertiary/aromatic N) is 2. The van der Waals surface area contributed by atoms with Gasteiger partial charge in [-0.25, -0.2) is 9.38 Å². The van der Waals surface area contributed by atoms with E-state index in [1.165, 1.54) is 12.1 Å². The molecule has 0 fully saturated rings. The van der Waals surface area contributed by atoms with E-state index >= 15 is 0 Å². The molecule has 0 saturated heterocycles. The van der Waals surface area contributed by atoms with Gasteiger partial charge in [-0.2, -0.15) is 0 Å². The van der Waals surface area contributed by atoms with E-state index in [2.05, 4.69) is 4.99 Å². The topological polar surface area (TPSA) is 15.6 Å².